The second kappa shape index (κ2) is 4.28. The summed E-state index contributed by atoms with van der Waals surface area (Å²) in [5, 5.41) is 3.07. The molecule has 1 aromatic carbocycles. The summed E-state index contributed by atoms with van der Waals surface area (Å²) in [5.74, 6) is 1.04. The summed E-state index contributed by atoms with van der Waals surface area (Å²) in [7, 11) is 0. The number of hydrogen-bond donors (Lipinski definition) is 1. The molecule has 3 atom stereocenters. The molecule has 0 aromatic heterocycles. The highest BCUT2D eigenvalue weighted by Gasteiger charge is 2.39. The van der Waals surface area contributed by atoms with Crippen LogP contribution in [-0.4, -0.2) is 5.91 Å². The van der Waals surface area contributed by atoms with Crippen LogP contribution in [0, 0.1) is 18.8 Å². The predicted octanol–water partition coefficient (Wildman–Crippen LogP) is 2.83. The van der Waals surface area contributed by atoms with E-state index < -0.39 is 0 Å². The van der Waals surface area contributed by atoms with Crippen molar-refractivity contribution < 1.29 is 4.79 Å². The van der Waals surface area contributed by atoms with Gasteiger partial charge in [-0.15, -0.1) is 0 Å². The third-order valence-corrected chi connectivity index (χ3v) is 3.38. The maximum absolute atomic E-state index is 11.8. The Hall–Kier alpha value is -1.31. The Kier molecular flexibility index (Phi) is 2.99. The lowest BCUT2D eigenvalue weighted by atomic mass is 10.1. The van der Waals surface area contributed by atoms with Crippen molar-refractivity contribution in [3.05, 3.63) is 35.4 Å². The molecule has 1 aliphatic rings. The Bertz CT molecular complexity index is 382. The fraction of sp³-hybridized carbons (Fsp3) is 0.500. The Morgan fingerprint density at radius 1 is 1.38 bits per heavy atom. The Balaban J connectivity index is 1.94. The normalized spacial score (nSPS) is 24.9. The topological polar surface area (TPSA) is 29.1 Å². The molecular weight excluding hydrogens is 198 g/mol. The number of carbonyl (C=O) groups is 1. The molecule has 1 N–H and O–H groups in total. The van der Waals surface area contributed by atoms with E-state index >= 15 is 0 Å². The van der Waals surface area contributed by atoms with Gasteiger partial charge in [-0.25, -0.2) is 0 Å². The molecule has 2 nitrogen and oxygen atoms in total. The van der Waals surface area contributed by atoms with Crippen LogP contribution in [0.2, 0.25) is 0 Å². The van der Waals surface area contributed by atoms with Gasteiger partial charge in [0.25, 0.3) is 0 Å². The highest BCUT2D eigenvalue weighted by molar-refractivity contribution is 5.81. The minimum absolute atomic E-state index is 0.112. The van der Waals surface area contributed by atoms with Crippen LogP contribution in [0.4, 0.5) is 0 Å². The van der Waals surface area contributed by atoms with Gasteiger partial charge >= 0.3 is 0 Å². The van der Waals surface area contributed by atoms with Crippen LogP contribution < -0.4 is 5.32 Å². The lowest BCUT2D eigenvalue weighted by molar-refractivity contribution is -0.123. The fourth-order valence-corrected chi connectivity index (χ4v) is 1.95. The number of amides is 1. The summed E-state index contributed by atoms with van der Waals surface area (Å²) in [6, 6.07) is 8.43. The van der Waals surface area contributed by atoms with Crippen molar-refractivity contribution in [2.75, 3.05) is 0 Å². The highest BCUT2D eigenvalue weighted by Crippen LogP contribution is 2.38. The Morgan fingerprint density at radius 2 is 1.94 bits per heavy atom. The predicted molar refractivity (Wildman–Crippen MR) is 65.0 cm³/mol. The molecule has 0 spiro atoms. The van der Waals surface area contributed by atoms with Gasteiger partial charge in [0, 0.05) is 5.92 Å². The summed E-state index contributed by atoms with van der Waals surface area (Å²) in [6.07, 6.45) is 1.05. The fourth-order valence-electron chi connectivity index (χ4n) is 1.95. The third kappa shape index (κ3) is 2.43. The number of carbonyl (C=O) groups excluding carboxylic acids is 1. The van der Waals surface area contributed by atoms with Crippen molar-refractivity contribution in [2.24, 2.45) is 11.8 Å². The molecule has 1 saturated carbocycles. The Morgan fingerprint density at radius 3 is 2.44 bits per heavy atom. The van der Waals surface area contributed by atoms with Gasteiger partial charge in [-0.05, 0) is 31.7 Å². The first-order valence-electron chi connectivity index (χ1n) is 5.95. The van der Waals surface area contributed by atoms with Crippen molar-refractivity contribution in [1.29, 1.82) is 0 Å². The van der Waals surface area contributed by atoms with E-state index in [0.717, 1.165) is 6.42 Å². The number of nitrogens with one attached hydrogen (secondary N) is 1. The third-order valence-electron chi connectivity index (χ3n) is 3.38. The minimum atomic E-state index is 0.112. The molecule has 2 rings (SSSR count). The Labute approximate surface area is 97.1 Å². The van der Waals surface area contributed by atoms with Crippen LogP contribution >= 0.6 is 0 Å². The van der Waals surface area contributed by atoms with Gasteiger partial charge in [0.05, 0.1) is 6.04 Å². The van der Waals surface area contributed by atoms with E-state index in [-0.39, 0.29) is 17.9 Å². The molecule has 0 radical (unpaired) electrons. The maximum atomic E-state index is 11.8. The smallest absolute Gasteiger partial charge is 0.223 e. The number of benzene rings is 1. The summed E-state index contributed by atoms with van der Waals surface area (Å²) in [6.45, 7) is 6.23. The summed E-state index contributed by atoms with van der Waals surface area (Å²) in [5.41, 5.74) is 2.42. The second-order valence-electron chi connectivity index (χ2n) is 4.96. The molecule has 0 unspecified atom stereocenters. The van der Waals surface area contributed by atoms with Crippen molar-refractivity contribution in [3.63, 3.8) is 0 Å². The quantitative estimate of drug-likeness (QED) is 0.828. The molecule has 1 fully saturated rings. The van der Waals surface area contributed by atoms with E-state index in [2.05, 4.69) is 43.4 Å². The van der Waals surface area contributed by atoms with E-state index in [4.69, 9.17) is 0 Å². The average Bonchev–Trinajstić information content (AvgIpc) is 2.96. The molecule has 16 heavy (non-hydrogen) atoms. The van der Waals surface area contributed by atoms with Crippen molar-refractivity contribution in [3.8, 4) is 0 Å². The number of aryl methyl sites for hydroxylation is 1. The first-order chi connectivity index (χ1) is 7.58. The van der Waals surface area contributed by atoms with Gasteiger partial charge < -0.3 is 5.32 Å². The zero-order valence-corrected chi connectivity index (χ0v) is 10.2. The molecular formula is C14H19NO. The average molecular weight is 217 g/mol. The van der Waals surface area contributed by atoms with Crippen LogP contribution in [0.15, 0.2) is 24.3 Å². The molecule has 1 aromatic rings. The van der Waals surface area contributed by atoms with E-state index in [0.29, 0.717) is 5.92 Å². The van der Waals surface area contributed by atoms with Crippen LogP contribution in [-0.2, 0) is 4.79 Å². The summed E-state index contributed by atoms with van der Waals surface area (Å²) < 4.78 is 0. The molecule has 0 saturated heterocycles. The molecule has 0 aliphatic heterocycles. The lowest BCUT2D eigenvalue weighted by Gasteiger charge is -2.14. The second-order valence-corrected chi connectivity index (χ2v) is 4.96. The first kappa shape index (κ1) is 11.2. The van der Waals surface area contributed by atoms with E-state index in [9.17, 15) is 4.79 Å². The van der Waals surface area contributed by atoms with Crippen LogP contribution in [0.25, 0.3) is 0 Å². The minimum Gasteiger partial charge on any atom is -0.349 e. The number of rotatable bonds is 3. The van der Waals surface area contributed by atoms with Gasteiger partial charge in [0.15, 0.2) is 0 Å². The molecule has 2 heteroatoms. The first-order valence-corrected chi connectivity index (χ1v) is 5.95. The molecule has 0 bridgehead atoms. The van der Waals surface area contributed by atoms with Crippen molar-refractivity contribution in [2.45, 2.75) is 33.2 Å². The number of hydrogen-bond acceptors (Lipinski definition) is 1. The van der Waals surface area contributed by atoms with Crippen LogP contribution in [0.1, 0.15) is 37.4 Å². The van der Waals surface area contributed by atoms with Crippen molar-refractivity contribution >= 4 is 5.91 Å². The van der Waals surface area contributed by atoms with E-state index in [1.165, 1.54) is 11.1 Å². The SMILES string of the molecule is Cc1ccc([C@@H](C)NC(=O)[C@@H]2C[C@@H]2C)cc1. The molecule has 1 aliphatic carbocycles. The van der Waals surface area contributed by atoms with Gasteiger partial charge in [0.1, 0.15) is 0 Å². The van der Waals surface area contributed by atoms with Gasteiger partial charge in [-0.2, -0.15) is 0 Å². The van der Waals surface area contributed by atoms with Crippen LogP contribution in [0.5, 0.6) is 0 Å². The highest BCUT2D eigenvalue weighted by atomic mass is 16.2. The van der Waals surface area contributed by atoms with E-state index in [1.54, 1.807) is 0 Å². The van der Waals surface area contributed by atoms with Gasteiger partial charge in [-0.3, -0.25) is 4.79 Å². The monoisotopic (exact) mass is 217 g/mol. The summed E-state index contributed by atoms with van der Waals surface area (Å²) >= 11 is 0. The molecule has 0 heterocycles. The van der Waals surface area contributed by atoms with Crippen LogP contribution in [0.3, 0.4) is 0 Å². The molecule has 1 amide bonds. The maximum Gasteiger partial charge on any atom is 0.223 e. The zero-order chi connectivity index (χ0) is 11.7. The van der Waals surface area contributed by atoms with Crippen molar-refractivity contribution in [1.82, 2.24) is 5.32 Å². The zero-order valence-electron chi connectivity index (χ0n) is 10.2. The lowest BCUT2D eigenvalue weighted by Crippen LogP contribution is -2.28. The van der Waals surface area contributed by atoms with Gasteiger partial charge in [0.2, 0.25) is 5.91 Å². The van der Waals surface area contributed by atoms with Gasteiger partial charge in [-0.1, -0.05) is 36.8 Å². The van der Waals surface area contributed by atoms with E-state index in [1.807, 2.05) is 6.92 Å². The molecule has 86 valence electrons. The summed E-state index contributed by atoms with van der Waals surface area (Å²) in [4.78, 5) is 11.8. The standard InChI is InChI=1S/C14H19NO/c1-9-4-6-12(7-5-9)11(3)15-14(16)13-8-10(13)2/h4-7,10-11,13H,8H2,1-3H3,(H,15,16)/t10-,11+,13+/m0/s1. The largest absolute Gasteiger partial charge is 0.349 e.